The van der Waals surface area contributed by atoms with Gasteiger partial charge in [-0.2, -0.15) is 0 Å². The van der Waals surface area contributed by atoms with Gasteiger partial charge in [0.25, 0.3) is 0 Å². The lowest BCUT2D eigenvalue weighted by Gasteiger charge is -2.02. The Morgan fingerprint density at radius 3 is 2.75 bits per heavy atom. The maximum absolute atomic E-state index is 11.2. The van der Waals surface area contributed by atoms with Gasteiger partial charge in [0.05, 0.1) is 11.1 Å². The monoisotopic (exact) mass is 184 g/mol. The molecule has 1 heterocycles. The highest BCUT2D eigenvalue weighted by atomic mass is 35.5. The molecule has 0 aromatic carbocycles. The van der Waals surface area contributed by atoms with Crippen molar-refractivity contribution in [2.45, 2.75) is 13.0 Å². The molecule has 1 aromatic heterocycles. The normalized spacial score (nSPS) is 12.6. The van der Waals surface area contributed by atoms with Gasteiger partial charge >= 0.3 is 0 Å². The second-order valence-electron chi connectivity index (χ2n) is 2.51. The predicted octanol–water partition coefficient (Wildman–Crippen LogP) is 1.26. The van der Waals surface area contributed by atoms with Gasteiger partial charge < -0.3 is 5.73 Å². The van der Waals surface area contributed by atoms with Gasteiger partial charge in [0, 0.05) is 6.20 Å². The molecule has 0 bridgehead atoms. The van der Waals surface area contributed by atoms with E-state index in [1.807, 2.05) is 0 Å². The molecule has 4 heteroatoms. The van der Waals surface area contributed by atoms with Crippen molar-refractivity contribution in [3.63, 3.8) is 0 Å². The van der Waals surface area contributed by atoms with Crippen LogP contribution in [0.3, 0.4) is 0 Å². The van der Waals surface area contributed by atoms with Crippen molar-refractivity contribution < 1.29 is 4.79 Å². The Bertz CT molecular complexity index is 282. The molecule has 12 heavy (non-hydrogen) atoms. The van der Waals surface area contributed by atoms with E-state index in [2.05, 4.69) is 4.98 Å². The van der Waals surface area contributed by atoms with Gasteiger partial charge in [-0.25, -0.2) is 0 Å². The van der Waals surface area contributed by atoms with E-state index in [1.165, 1.54) is 6.20 Å². The molecule has 0 radical (unpaired) electrons. The molecule has 64 valence electrons. The van der Waals surface area contributed by atoms with Gasteiger partial charge in [0.15, 0.2) is 5.78 Å². The first-order valence-corrected chi connectivity index (χ1v) is 3.90. The lowest BCUT2D eigenvalue weighted by Crippen LogP contribution is -2.27. The number of nitrogens with zero attached hydrogens (tertiary/aromatic N) is 1. The van der Waals surface area contributed by atoms with Crippen molar-refractivity contribution >= 4 is 17.4 Å². The fourth-order valence-corrected chi connectivity index (χ4v) is 0.867. The Labute approximate surface area is 75.6 Å². The zero-order valence-electron chi connectivity index (χ0n) is 6.62. The van der Waals surface area contributed by atoms with Gasteiger partial charge in [0.1, 0.15) is 5.69 Å². The summed E-state index contributed by atoms with van der Waals surface area (Å²) in [4.78, 5) is 15.1. The van der Waals surface area contributed by atoms with Crippen LogP contribution in [0.1, 0.15) is 17.4 Å². The maximum Gasteiger partial charge on any atom is 0.197 e. The number of hydrogen-bond acceptors (Lipinski definition) is 3. The van der Waals surface area contributed by atoms with Gasteiger partial charge in [0.2, 0.25) is 0 Å². The summed E-state index contributed by atoms with van der Waals surface area (Å²) in [6, 6.07) is 2.66. The van der Waals surface area contributed by atoms with E-state index >= 15 is 0 Å². The van der Waals surface area contributed by atoms with Crippen molar-refractivity contribution in [3.8, 4) is 0 Å². The van der Waals surface area contributed by atoms with Crippen LogP contribution in [-0.4, -0.2) is 16.8 Å². The molecule has 0 aliphatic rings. The van der Waals surface area contributed by atoms with Crippen LogP contribution in [0, 0.1) is 0 Å². The van der Waals surface area contributed by atoms with Gasteiger partial charge in [-0.3, -0.25) is 9.78 Å². The van der Waals surface area contributed by atoms with E-state index < -0.39 is 6.04 Å². The molecule has 1 aromatic rings. The van der Waals surface area contributed by atoms with Crippen LogP contribution in [-0.2, 0) is 0 Å². The SMILES string of the molecule is CC(N)C(=O)c1ccc(Cl)cn1. The van der Waals surface area contributed by atoms with Crippen LogP contribution in [0.25, 0.3) is 0 Å². The van der Waals surface area contributed by atoms with Crippen molar-refractivity contribution in [3.05, 3.63) is 29.0 Å². The van der Waals surface area contributed by atoms with Crippen molar-refractivity contribution in [2.24, 2.45) is 5.73 Å². The number of rotatable bonds is 2. The number of ketones is 1. The third-order valence-corrected chi connectivity index (χ3v) is 1.62. The quantitative estimate of drug-likeness (QED) is 0.705. The van der Waals surface area contributed by atoms with E-state index in [-0.39, 0.29) is 5.78 Å². The highest BCUT2D eigenvalue weighted by Crippen LogP contribution is 2.07. The molecule has 2 N–H and O–H groups in total. The van der Waals surface area contributed by atoms with E-state index in [0.29, 0.717) is 10.7 Å². The van der Waals surface area contributed by atoms with Crippen LogP contribution in [0.2, 0.25) is 5.02 Å². The Kier molecular flexibility index (Phi) is 2.78. The minimum atomic E-state index is -0.515. The summed E-state index contributed by atoms with van der Waals surface area (Å²) in [5.41, 5.74) is 5.74. The zero-order valence-corrected chi connectivity index (χ0v) is 7.38. The minimum absolute atomic E-state index is 0.174. The Hall–Kier alpha value is -0.930. The second-order valence-corrected chi connectivity index (χ2v) is 2.95. The summed E-state index contributed by atoms with van der Waals surface area (Å²) in [6.07, 6.45) is 1.43. The van der Waals surface area contributed by atoms with Crippen LogP contribution in [0.4, 0.5) is 0 Å². The fourth-order valence-electron chi connectivity index (χ4n) is 0.755. The van der Waals surface area contributed by atoms with Gasteiger partial charge in [-0.05, 0) is 19.1 Å². The molecule has 1 unspecified atom stereocenters. The third-order valence-electron chi connectivity index (χ3n) is 1.39. The number of aromatic nitrogens is 1. The third kappa shape index (κ3) is 2.03. The summed E-state index contributed by atoms with van der Waals surface area (Å²) in [5.74, 6) is -0.174. The van der Waals surface area contributed by atoms with Crippen molar-refractivity contribution in [1.82, 2.24) is 4.98 Å². The van der Waals surface area contributed by atoms with E-state index in [1.54, 1.807) is 19.1 Å². The van der Waals surface area contributed by atoms with Crippen molar-refractivity contribution in [1.29, 1.82) is 0 Å². The summed E-state index contributed by atoms with van der Waals surface area (Å²) < 4.78 is 0. The highest BCUT2D eigenvalue weighted by molar-refractivity contribution is 6.30. The molecule has 0 saturated heterocycles. The summed E-state index contributed by atoms with van der Waals surface area (Å²) in [5, 5.41) is 0.510. The smallest absolute Gasteiger partial charge is 0.197 e. The average molecular weight is 185 g/mol. The topological polar surface area (TPSA) is 56.0 Å². The summed E-state index contributed by atoms with van der Waals surface area (Å²) >= 11 is 5.59. The number of carbonyl (C=O) groups is 1. The number of Topliss-reactive ketones (excluding diaryl/α,β-unsaturated/α-hetero) is 1. The molecule has 3 nitrogen and oxygen atoms in total. The lowest BCUT2D eigenvalue weighted by molar-refractivity contribution is 0.0963. The molecule has 0 aliphatic heterocycles. The number of halogens is 1. The number of pyridine rings is 1. The fraction of sp³-hybridized carbons (Fsp3) is 0.250. The molecule has 1 atom stereocenters. The van der Waals surface area contributed by atoms with Crippen molar-refractivity contribution in [2.75, 3.05) is 0 Å². The molecular weight excluding hydrogens is 176 g/mol. The summed E-state index contributed by atoms with van der Waals surface area (Å²) in [7, 11) is 0. The molecule has 0 saturated carbocycles. The maximum atomic E-state index is 11.2. The molecule has 0 aliphatic carbocycles. The predicted molar refractivity (Wildman–Crippen MR) is 47.2 cm³/mol. The van der Waals surface area contributed by atoms with E-state index in [0.717, 1.165) is 0 Å². The van der Waals surface area contributed by atoms with Gasteiger partial charge in [-0.1, -0.05) is 11.6 Å². The molecular formula is C8H9ClN2O. The molecule has 1 rings (SSSR count). The molecule has 0 spiro atoms. The minimum Gasteiger partial charge on any atom is -0.321 e. The number of nitrogens with two attached hydrogens (primary N) is 1. The zero-order chi connectivity index (χ0) is 9.14. The first kappa shape index (κ1) is 9.16. The van der Waals surface area contributed by atoms with Crippen LogP contribution >= 0.6 is 11.6 Å². The standard InChI is InChI=1S/C8H9ClN2O/c1-5(10)8(12)7-3-2-6(9)4-11-7/h2-5H,10H2,1H3. The van der Waals surface area contributed by atoms with Crippen LogP contribution in [0.5, 0.6) is 0 Å². The van der Waals surface area contributed by atoms with Crippen LogP contribution in [0.15, 0.2) is 18.3 Å². The Balaban J connectivity index is 2.90. The number of hydrogen-bond donors (Lipinski definition) is 1. The molecule has 0 fully saturated rings. The lowest BCUT2D eigenvalue weighted by atomic mass is 10.1. The Morgan fingerprint density at radius 2 is 2.33 bits per heavy atom. The average Bonchev–Trinajstić information content (AvgIpc) is 2.04. The Morgan fingerprint density at radius 1 is 1.67 bits per heavy atom. The second kappa shape index (κ2) is 3.65. The summed E-state index contributed by atoms with van der Waals surface area (Å²) in [6.45, 7) is 1.62. The first-order chi connectivity index (χ1) is 5.61. The first-order valence-electron chi connectivity index (χ1n) is 3.52. The number of carbonyl (C=O) groups excluding carboxylic acids is 1. The largest absolute Gasteiger partial charge is 0.321 e. The van der Waals surface area contributed by atoms with Crippen LogP contribution < -0.4 is 5.73 Å². The van der Waals surface area contributed by atoms with E-state index in [9.17, 15) is 4.79 Å². The highest BCUT2D eigenvalue weighted by Gasteiger charge is 2.11. The molecule has 0 amide bonds. The van der Waals surface area contributed by atoms with E-state index in [4.69, 9.17) is 17.3 Å². The van der Waals surface area contributed by atoms with Gasteiger partial charge in [-0.15, -0.1) is 0 Å².